The molecule has 0 radical (unpaired) electrons. The van der Waals surface area contributed by atoms with Gasteiger partial charge in [-0.25, -0.2) is 0 Å². The normalized spacial score (nSPS) is 36.3. The zero-order valence-corrected chi connectivity index (χ0v) is 26.1. The van der Waals surface area contributed by atoms with Crippen molar-refractivity contribution in [1.82, 2.24) is 0 Å². The van der Waals surface area contributed by atoms with Gasteiger partial charge in [-0.15, -0.1) is 0 Å². The SMILES string of the molecule is CCCCCCCC[C@H]1CC[C@H]2[C@@H]3CC=C4C[C@@H](SC(=O)[C@H](C)Oc5ccccc5)CC[C@]4(C)[C@H]3CC[C@]12C. The first kappa shape index (κ1) is 29.3. The lowest BCUT2D eigenvalue weighted by atomic mass is 9.47. The van der Waals surface area contributed by atoms with E-state index in [4.69, 9.17) is 4.74 Å². The molecule has 0 unspecified atom stereocenters. The molecule has 4 aliphatic carbocycles. The number of rotatable bonds is 11. The summed E-state index contributed by atoms with van der Waals surface area (Å²) in [4.78, 5) is 13.0. The van der Waals surface area contributed by atoms with E-state index in [1.165, 1.54) is 83.5 Å². The number of carbonyl (C=O) groups is 1. The molecule has 39 heavy (non-hydrogen) atoms. The smallest absolute Gasteiger partial charge is 0.229 e. The Morgan fingerprint density at radius 3 is 2.54 bits per heavy atom. The van der Waals surface area contributed by atoms with E-state index >= 15 is 0 Å². The molecule has 216 valence electrons. The summed E-state index contributed by atoms with van der Waals surface area (Å²) in [7, 11) is 0. The fourth-order valence-corrected chi connectivity index (χ4v) is 10.6. The third-order valence-electron chi connectivity index (χ3n) is 11.8. The van der Waals surface area contributed by atoms with Crippen molar-refractivity contribution in [2.75, 3.05) is 0 Å². The van der Waals surface area contributed by atoms with Gasteiger partial charge in [-0.2, -0.15) is 0 Å². The predicted molar refractivity (Wildman–Crippen MR) is 166 cm³/mol. The van der Waals surface area contributed by atoms with Crippen LogP contribution in [0.5, 0.6) is 5.75 Å². The van der Waals surface area contributed by atoms with Crippen LogP contribution in [0.1, 0.15) is 124 Å². The summed E-state index contributed by atoms with van der Waals surface area (Å²) in [5.74, 6) is 4.41. The third-order valence-corrected chi connectivity index (χ3v) is 13.1. The van der Waals surface area contributed by atoms with Crippen molar-refractivity contribution in [1.29, 1.82) is 0 Å². The first-order chi connectivity index (χ1) is 18.8. The number of thioether (sulfide) groups is 1. The van der Waals surface area contributed by atoms with E-state index in [1.54, 1.807) is 17.3 Å². The Hall–Kier alpha value is -1.22. The van der Waals surface area contributed by atoms with Crippen LogP contribution >= 0.6 is 11.8 Å². The molecule has 3 saturated carbocycles. The highest BCUT2D eigenvalue weighted by Crippen LogP contribution is 2.67. The second-order valence-corrected chi connectivity index (χ2v) is 15.3. The average molecular weight is 551 g/mol. The van der Waals surface area contributed by atoms with Crippen LogP contribution in [-0.2, 0) is 4.79 Å². The largest absolute Gasteiger partial charge is 0.482 e. The quantitative estimate of drug-likeness (QED) is 0.202. The van der Waals surface area contributed by atoms with Crippen LogP contribution in [0.25, 0.3) is 0 Å². The Kier molecular flexibility index (Phi) is 9.57. The lowest BCUT2D eigenvalue weighted by Gasteiger charge is -2.58. The molecule has 1 aromatic carbocycles. The maximum atomic E-state index is 13.0. The number of fused-ring (bicyclic) bond motifs is 5. The number of hydrogen-bond acceptors (Lipinski definition) is 3. The molecule has 5 rings (SSSR count). The van der Waals surface area contributed by atoms with Crippen molar-refractivity contribution in [3.63, 3.8) is 0 Å². The number of para-hydroxylation sites is 1. The minimum absolute atomic E-state index is 0.178. The maximum absolute atomic E-state index is 13.0. The molecule has 3 fully saturated rings. The zero-order chi connectivity index (χ0) is 27.5. The van der Waals surface area contributed by atoms with Crippen molar-refractivity contribution in [2.24, 2.45) is 34.5 Å². The van der Waals surface area contributed by atoms with E-state index < -0.39 is 6.10 Å². The molecular formula is C36H54O2S. The Bertz CT molecular complexity index is 987. The standard InChI is InChI=1S/C36H54O2S/c1-5-6-7-8-9-11-14-27-18-20-32-31-19-17-28-25-30(21-23-36(28,4)33(31)22-24-35(27,32)3)39-34(37)26(2)38-29-15-12-10-13-16-29/h10,12-13,15-17,26-27,30-33H,5-9,11,14,18-25H2,1-4H3/t26-,27-,30-,31-,32-,33-,35+,36-/m0/s1. The summed E-state index contributed by atoms with van der Waals surface area (Å²) in [6.45, 7) is 9.52. The average Bonchev–Trinajstić information content (AvgIpc) is 3.27. The summed E-state index contributed by atoms with van der Waals surface area (Å²) in [5, 5.41) is 0.578. The topological polar surface area (TPSA) is 26.3 Å². The van der Waals surface area contributed by atoms with E-state index in [2.05, 4.69) is 26.8 Å². The van der Waals surface area contributed by atoms with E-state index in [1.807, 2.05) is 37.3 Å². The Morgan fingerprint density at radius 1 is 0.974 bits per heavy atom. The number of ether oxygens (including phenoxy) is 1. The first-order valence-electron chi connectivity index (χ1n) is 16.5. The summed E-state index contributed by atoms with van der Waals surface area (Å²) < 4.78 is 5.93. The van der Waals surface area contributed by atoms with Crippen molar-refractivity contribution in [3.05, 3.63) is 42.0 Å². The maximum Gasteiger partial charge on any atom is 0.229 e. The summed E-state index contributed by atoms with van der Waals surface area (Å²) in [5.41, 5.74) is 2.62. The van der Waals surface area contributed by atoms with Crippen molar-refractivity contribution < 1.29 is 9.53 Å². The molecule has 4 aliphatic rings. The molecule has 0 aromatic heterocycles. The number of carbonyl (C=O) groups excluding carboxylic acids is 1. The second kappa shape index (κ2) is 12.7. The van der Waals surface area contributed by atoms with Crippen LogP contribution in [0, 0.1) is 34.5 Å². The molecule has 0 spiro atoms. The highest BCUT2D eigenvalue weighted by molar-refractivity contribution is 8.14. The van der Waals surface area contributed by atoms with Gasteiger partial charge in [-0.05, 0) is 111 Å². The molecular weight excluding hydrogens is 496 g/mol. The summed E-state index contributed by atoms with van der Waals surface area (Å²) in [6.07, 6.45) is 22.9. The number of allylic oxidation sites excluding steroid dienone is 2. The molecule has 1 aromatic rings. The van der Waals surface area contributed by atoms with Crippen LogP contribution in [0.2, 0.25) is 0 Å². The van der Waals surface area contributed by atoms with Crippen LogP contribution in [0.4, 0.5) is 0 Å². The van der Waals surface area contributed by atoms with Gasteiger partial charge >= 0.3 is 0 Å². The molecule has 8 atom stereocenters. The van der Waals surface area contributed by atoms with Gasteiger partial charge in [0.2, 0.25) is 5.12 Å². The van der Waals surface area contributed by atoms with Gasteiger partial charge in [0.05, 0.1) is 0 Å². The van der Waals surface area contributed by atoms with E-state index in [9.17, 15) is 4.79 Å². The third kappa shape index (κ3) is 6.19. The molecule has 0 saturated heterocycles. The summed E-state index contributed by atoms with van der Waals surface area (Å²) in [6, 6.07) is 9.75. The van der Waals surface area contributed by atoms with Crippen molar-refractivity contribution in [2.45, 2.75) is 135 Å². The van der Waals surface area contributed by atoms with Crippen molar-refractivity contribution in [3.8, 4) is 5.75 Å². The Labute approximate surface area is 243 Å². The molecule has 3 heteroatoms. The lowest BCUT2D eigenvalue weighted by molar-refractivity contribution is -0.116. The molecule has 0 N–H and O–H groups in total. The lowest BCUT2D eigenvalue weighted by Crippen LogP contribution is -2.50. The molecule has 0 aliphatic heterocycles. The van der Waals surface area contributed by atoms with E-state index in [0.717, 1.165) is 42.3 Å². The van der Waals surface area contributed by atoms with Gasteiger partial charge < -0.3 is 4.74 Å². The minimum Gasteiger partial charge on any atom is -0.482 e. The highest BCUT2D eigenvalue weighted by Gasteiger charge is 2.58. The van der Waals surface area contributed by atoms with Crippen LogP contribution in [0.3, 0.4) is 0 Å². The van der Waals surface area contributed by atoms with E-state index in [0.29, 0.717) is 16.1 Å². The molecule has 0 heterocycles. The Morgan fingerprint density at radius 2 is 1.74 bits per heavy atom. The fraction of sp³-hybridized carbons (Fsp3) is 0.750. The van der Waals surface area contributed by atoms with Gasteiger partial charge in [0.1, 0.15) is 5.75 Å². The fourth-order valence-electron chi connectivity index (χ4n) is 9.49. The zero-order valence-electron chi connectivity index (χ0n) is 25.3. The van der Waals surface area contributed by atoms with Gasteiger partial charge in [-0.1, -0.05) is 101 Å². The van der Waals surface area contributed by atoms with Crippen LogP contribution < -0.4 is 4.74 Å². The van der Waals surface area contributed by atoms with Gasteiger partial charge in [-0.3, -0.25) is 4.79 Å². The Balaban J connectivity index is 1.16. The van der Waals surface area contributed by atoms with Gasteiger partial charge in [0, 0.05) is 5.25 Å². The minimum atomic E-state index is -0.405. The first-order valence-corrected chi connectivity index (χ1v) is 17.3. The highest BCUT2D eigenvalue weighted by atomic mass is 32.2. The molecule has 0 bridgehead atoms. The monoisotopic (exact) mass is 550 g/mol. The van der Waals surface area contributed by atoms with E-state index in [-0.39, 0.29) is 5.12 Å². The van der Waals surface area contributed by atoms with Crippen molar-refractivity contribution >= 4 is 16.9 Å². The molecule has 0 amide bonds. The molecule has 2 nitrogen and oxygen atoms in total. The van der Waals surface area contributed by atoms with Crippen LogP contribution in [-0.4, -0.2) is 16.5 Å². The van der Waals surface area contributed by atoms with Gasteiger partial charge in [0.25, 0.3) is 0 Å². The number of benzene rings is 1. The number of unbranched alkanes of at least 4 members (excludes halogenated alkanes) is 5. The predicted octanol–water partition coefficient (Wildman–Crippen LogP) is 10.4. The number of hydrogen-bond donors (Lipinski definition) is 0. The van der Waals surface area contributed by atoms with Gasteiger partial charge in [0.15, 0.2) is 6.10 Å². The van der Waals surface area contributed by atoms with Crippen LogP contribution in [0.15, 0.2) is 42.0 Å². The second-order valence-electron chi connectivity index (χ2n) is 14.0. The summed E-state index contributed by atoms with van der Waals surface area (Å²) >= 11 is 1.56.